The van der Waals surface area contributed by atoms with Gasteiger partial charge in [-0.1, -0.05) is 13.8 Å². The molecule has 4 aliphatic carbocycles. The molecular formula is C14H24BNO2. The first-order valence-corrected chi connectivity index (χ1v) is 7.52. The van der Waals surface area contributed by atoms with Gasteiger partial charge < -0.3 is 15.0 Å². The van der Waals surface area contributed by atoms with Crippen LogP contribution in [0.4, 0.5) is 0 Å². The van der Waals surface area contributed by atoms with Gasteiger partial charge in [0.15, 0.2) is 0 Å². The summed E-state index contributed by atoms with van der Waals surface area (Å²) < 4.78 is 12.5. The average molecular weight is 249 g/mol. The van der Waals surface area contributed by atoms with Crippen molar-refractivity contribution in [2.75, 3.05) is 0 Å². The van der Waals surface area contributed by atoms with Gasteiger partial charge in [-0.2, -0.15) is 0 Å². The third kappa shape index (κ3) is 1.32. The molecule has 0 aromatic rings. The Morgan fingerprint density at radius 3 is 2.56 bits per heavy atom. The Hall–Kier alpha value is -0.0551. The Morgan fingerprint density at radius 2 is 1.94 bits per heavy atom. The molecule has 2 N–H and O–H groups in total. The molecule has 5 atom stereocenters. The van der Waals surface area contributed by atoms with Crippen molar-refractivity contribution >= 4 is 7.12 Å². The second-order valence-electron chi connectivity index (χ2n) is 7.75. The molecule has 0 aromatic carbocycles. The minimum Gasteiger partial charge on any atom is -0.404 e. The van der Waals surface area contributed by atoms with Crippen LogP contribution in [0.5, 0.6) is 0 Å². The van der Waals surface area contributed by atoms with Crippen molar-refractivity contribution in [3.05, 3.63) is 0 Å². The molecule has 5 rings (SSSR count). The van der Waals surface area contributed by atoms with Crippen LogP contribution < -0.4 is 5.73 Å². The second kappa shape index (κ2) is 3.33. The predicted molar refractivity (Wildman–Crippen MR) is 70.8 cm³/mol. The SMILES string of the molecule is CC1(C)C2CC3OB(C(N)C4CC4)O[C@@]3(C)C1C2. The molecule has 4 heteroatoms. The molecule has 5 aliphatic rings. The second-order valence-corrected chi connectivity index (χ2v) is 7.75. The van der Waals surface area contributed by atoms with Gasteiger partial charge in [0.05, 0.1) is 11.7 Å². The van der Waals surface area contributed by atoms with Crippen molar-refractivity contribution in [3.8, 4) is 0 Å². The lowest BCUT2D eigenvalue weighted by molar-refractivity contribution is -0.199. The van der Waals surface area contributed by atoms with Crippen LogP contribution in [0, 0.1) is 23.2 Å². The fraction of sp³-hybridized carbons (Fsp3) is 1.00. The summed E-state index contributed by atoms with van der Waals surface area (Å²) in [7, 11) is -0.150. The van der Waals surface area contributed by atoms with Gasteiger partial charge in [0.2, 0.25) is 0 Å². The molecule has 0 radical (unpaired) electrons. The summed E-state index contributed by atoms with van der Waals surface area (Å²) in [6, 6.07) is 0. The fourth-order valence-corrected chi connectivity index (χ4v) is 4.77. The number of hydrogen-bond donors (Lipinski definition) is 1. The standard InChI is InChI=1S/C14H24BNO2/c1-13(2)9-6-10(13)14(3)11(7-9)17-15(18-14)12(16)8-4-5-8/h8-12H,4-7,16H2,1-3H3/t9?,10?,11?,12?,14-/m0/s1. The van der Waals surface area contributed by atoms with E-state index in [4.69, 9.17) is 15.0 Å². The summed E-state index contributed by atoms with van der Waals surface area (Å²) in [5.41, 5.74) is 6.61. The van der Waals surface area contributed by atoms with Crippen molar-refractivity contribution in [1.82, 2.24) is 0 Å². The van der Waals surface area contributed by atoms with Crippen LogP contribution in [0.1, 0.15) is 46.5 Å². The van der Waals surface area contributed by atoms with Gasteiger partial charge in [0.1, 0.15) is 0 Å². The first-order chi connectivity index (χ1) is 8.43. The Labute approximate surface area is 110 Å². The lowest BCUT2D eigenvalue weighted by atomic mass is 9.43. The van der Waals surface area contributed by atoms with Crippen molar-refractivity contribution in [2.45, 2.75) is 64.1 Å². The normalized spacial score (nSPS) is 50.7. The first kappa shape index (κ1) is 11.7. The van der Waals surface area contributed by atoms with E-state index in [1.165, 1.54) is 19.3 Å². The maximum atomic E-state index is 6.35. The molecule has 5 fully saturated rings. The summed E-state index contributed by atoms with van der Waals surface area (Å²) in [6.07, 6.45) is 5.26. The number of hydrogen-bond acceptors (Lipinski definition) is 3. The van der Waals surface area contributed by atoms with E-state index in [1.807, 2.05) is 0 Å². The van der Waals surface area contributed by atoms with Crippen molar-refractivity contribution in [2.24, 2.45) is 28.9 Å². The van der Waals surface area contributed by atoms with Crippen LogP contribution in [0.15, 0.2) is 0 Å². The summed E-state index contributed by atoms with van der Waals surface area (Å²) in [4.78, 5) is 0. The van der Waals surface area contributed by atoms with E-state index in [1.54, 1.807) is 0 Å². The van der Waals surface area contributed by atoms with Gasteiger partial charge in [-0.05, 0) is 55.8 Å². The molecule has 100 valence electrons. The molecule has 4 unspecified atom stereocenters. The molecule has 18 heavy (non-hydrogen) atoms. The highest BCUT2D eigenvalue weighted by Crippen LogP contribution is 2.65. The topological polar surface area (TPSA) is 44.5 Å². The summed E-state index contributed by atoms with van der Waals surface area (Å²) >= 11 is 0. The molecule has 3 nitrogen and oxygen atoms in total. The Bertz CT molecular complexity index is 384. The lowest BCUT2D eigenvalue weighted by Crippen LogP contribution is -2.65. The van der Waals surface area contributed by atoms with Gasteiger partial charge in [0, 0.05) is 5.94 Å². The third-order valence-corrected chi connectivity index (χ3v) is 6.45. The minimum atomic E-state index is -0.150. The summed E-state index contributed by atoms with van der Waals surface area (Å²) in [6.45, 7) is 7.05. The Kier molecular flexibility index (Phi) is 2.18. The molecule has 0 spiro atoms. The van der Waals surface area contributed by atoms with Crippen molar-refractivity contribution in [3.63, 3.8) is 0 Å². The largest absolute Gasteiger partial charge is 0.475 e. The van der Waals surface area contributed by atoms with Gasteiger partial charge in [0.25, 0.3) is 0 Å². The number of rotatable bonds is 2. The lowest BCUT2D eigenvalue weighted by Gasteiger charge is -2.64. The van der Waals surface area contributed by atoms with Crippen molar-refractivity contribution < 1.29 is 9.31 Å². The zero-order valence-electron chi connectivity index (χ0n) is 11.7. The first-order valence-electron chi connectivity index (χ1n) is 7.52. The minimum absolute atomic E-state index is 0.0879. The highest BCUT2D eigenvalue weighted by Gasteiger charge is 2.68. The number of nitrogens with two attached hydrogens (primary N) is 1. The molecular weight excluding hydrogens is 225 g/mol. The highest BCUT2D eigenvalue weighted by molar-refractivity contribution is 6.47. The van der Waals surface area contributed by atoms with Gasteiger partial charge in [-0.3, -0.25) is 0 Å². The van der Waals surface area contributed by atoms with Crippen LogP contribution >= 0.6 is 0 Å². The van der Waals surface area contributed by atoms with E-state index in [0.717, 1.165) is 12.3 Å². The predicted octanol–water partition coefficient (Wildman–Crippen LogP) is 1.99. The molecule has 1 saturated heterocycles. The smallest absolute Gasteiger partial charge is 0.404 e. The van der Waals surface area contributed by atoms with E-state index < -0.39 is 0 Å². The van der Waals surface area contributed by atoms with E-state index in [-0.39, 0.29) is 24.8 Å². The molecule has 0 amide bonds. The Balaban J connectivity index is 1.57. The van der Waals surface area contributed by atoms with Crippen LogP contribution in [0.2, 0.25) is 0 Å². The van der Waals surface area contributed by atoms with E-state index in [9.17, 15) is 0 Å². The fourth-order valence-electron chi connectivity index (χ4n) is 4.77. The molecule has 0 aromatic heterocycles. The molecule has 2 bridgehead atoms. The van der Waals surface area contributed by atoms with Crippen LogP contribution in [-0.4, -0.2) is 24.8 Å². The van der Waals surface area contributed by atoms with Crippen LogP contribution in [0.3, 0.4) is 0 Å². The molecule has 4 saturated carbocycles. The van der Waals surface area contributed by atoms with Crippen LogP contribution in [0.25, 0.3) is 0 Å². The maximum Gasteiger partial charge on any atom is 0.475 e. The van der Waals surface area contributed by atoms with Crippen molar-refractivity contribution in [1.29, 1.82) is 0 Å². The molecule has 1 heterocycles. The van der Waals surface area contributed by atoms with Gasteiger partial charge in [-0.25, -0.2) is 0 Å². The zero-order valence-corrected chi connectivity index (χ0v) is 11.7. The zero-order chi connectivity index (χ0) is 12.7. The van der Waals surface area contributed by atoms with Gasteiger partial charge >= 0.3 is 7.12 Å². The highest BCUT2D eigenvalue weighted by atomic mass is 16.7. The summed E-state index contributed by atoms with van der Waals surface area (Å²) in [5, 5.41) is 0. The van der Waals surface area contributed by atoms with E-state index in [2.05, 4.69) is 20.8 Å². The monoisotopic (exact) mass is 249 g/mol. The third-order valence-electron chi connectivity index (χ3n) is 6.45. The Morgan fingerprint density at radius 1 is 1.22 bits per heavy atom. The molecule has 1 aliphatic heterocycles. The average Bonchev–Trinajstić information content (AvgIpc) is 3.08. The maximum absolute atomic E-state index is 6.35. The van der Waals surface area contributed by atoms with Crippen LogP contribution in [-0.2, 0) is 9.31 Å². The van der Waals surface area contributed by atoms with Gasteiger partial charge in [-0.15, -0.1) is 0 Å². The van der Waals surface area contributed by atoms with E-state index in [0.29, 0.717) is 17.3 Å². The van der Waals surface area contributed by atoms with E-state index >= 15 is 0 Å². The quantitative estimate of drug-likeness (QED) is 0.761. The summed E-state index contributed by atoms with van der Waals surface area (Å²) in [5.74, 6) is 2.19.